The molecular weight excluding hydrogens is 937 g/mol. The maximum absolute atomic E-state index is 4.83. The average molecular weight is 994 g/mol. The van der Waals surface area contributed by atoms with Crippen molar-refractivity contribution in [3.05, 3.63) is 138 Å². The zero-order valence-corrected chi connectivity index (χ0v) is 40.0. The molecule has 3 aromatic heterocycles. The largest absolute Gasteiger partial charge is 0 e. The first-order valence-electron chi connectivity index (χ1n) is 20.1. The van der Waals surface area contributed by atoms with E-state index in [0.717, 1.165) is 22.5 Å². The van der Waals surface area contributed by atoms with E-state index in [1.165, 1.54) is 84.5 Å². The van der Waals surface area contributed by atoms with E-state index in [0.29, 0.717) is 5.92 Å². The van der Waals surface area contributed by atoms with Crippen LogP contribution in [0.4, 0.5) is 0 Å². The van der Waals surface area contributed by atoms with E-state index < -0.39 is 13.3 Å². The van der Waals surface area contributed by atoms with Gasteiger partial charge in [-0.05, 0) is 79.8 Å². The van der Waals surface area contributed by atoms with Gasteiger partial charge in [0.25, 0.3) is 0 Å². The summed E-state index contributed by atoms with van der Waals surface area (Å²) in [5, 5.41) is 2.62. The van der Waals surface area contributed by atoms with E-state index >= 15 is 0 Å². The van der Waals surface area contributed by atoms with Gasteiger partial charge in [0.2, 0.25) is 0 Å². The third-order valence-electron chi connectivity index (χ3n) is 11.2. The number of fused-ring (bicyclic) bond motifs is 3. The Hall–Kier alpha value is -3.41. The van der Waals surface area contributed by atoms with Crippen molar-refractivity contribution < 1.29 is 20.1 Å². The molecule has 7 aromatic rings. The molecule has 0 unspecified atom stereocenters. The van der Waals surface area contributed by atoms with Crippen molar-refractivity contribution in [1.29, 1.82) is 0 Å². The Labute approximate surface area is 356 Å². The number of thiophene rings is 1. The zero-order chi connectivity index (χ0) is 39.0. The molecule has 3 heterocycles. The summed E-state index contributed by atoms with van der Waals surface area (Å²) >= 11 is 0.166. The topological polar surface area (TPSA) is 25.8 Å². The Bertz CT molecular complexity index is 2370. The van der Waals surface area contributed by atoms with Gasteiger partial charge >= 0.3 is 99.8 Å². The summed E-state index contributed by atoms with van der Waals surface area (Å²) in [7, 11) is 0. The van der Waals surface area contributed by atoms with E-state index in [9.17, 15) is 0 Å². The maximum atomic E-state index is 4.83. The Morgan fingerprint density at radius 1 is 0.661 bits per heavy atom. The summed E-state index contributed by atoms with van der Waals surface area (Å²) in [6.45, 7) is 13.9. The molecule has 0 atom stereocenters. The molecule has 4 aromatic carbocycles. The summed E-state index contributed by atoms with van der Waals surface area (Å²) in [5.41, 5.74) is 11.3. The molecule has 1 aliphatic rings. The van der Waals surface area contributed by atoms with E-state index in [-0.39, 0.29) is 30.9 Å². The second kappa shape index (κ2) is 17.2. The van der Waals surface area contributed by atoms with Crippen LogP contribution in [0.2, 0.25) is 17.3 Å². The van der Waals surface area contributed by atoms with Crippen LogP contribution in [0, 0.1) is 12.1 Å². The minimum atomic E-state index is -1.72. The first-order valence-corrected chi connectivity index (χ1v) is 28.2. The average Bonchev–Trinajstić information content (AvgIpc) is 3.56. The third-order valence-corrected chi connectivity index (χ3v) is 16.6. The van der Waals surface area contributed by atoms with Crippen LogP contribution >= 0.6 is 11.3 Å². The normalized spacial score (nSPS) is 13.9. The van der Waals surface area contributed by atoms with Crippen LogP contribution in [0.15, 0.2) is 109 Å². The number of hydrogen-bond donors (Lipinski definition) is 0. The van der Waals surface area contributed by atoms with Crippen LogP contribution in [0.25, 0.3) is 53.8 Å². The molecule has 2 nitrogen and oxygen atoms in total. The summed E-state index contributed by atoms with van der Waals surface area (Å²) < 4.78 is 4.06. The van der Waals surface area contributed by atoms with Crippen molar-refractivity contribution in [2.24, 2.45) is 0 Å². The molecule has 0 bridgehead atoms. The minimum Gasteiger partial charge on any atom is 0 e. The molecule has 1 aliphatic carbocycles. The SMILES string of the molecule is CC(C)(C)c1cc(-c2ccc3c(c2)sc2c(-c4cc(C5CCCCC5)ccn4)[c-]ccc23)cc(C(C)(C)C)c1.[CH3][Ge]([CH3])([CH3])[c]1ccc(-c2[c-]cccc2)nc1.[Ir]. The number of pyridine rings is 2. The predicted octanol–water partition coefficient (Wildman–Crippen LogP) is 14.3. The van der Waals surface area contributed by atoms with Gasteiger partial charge in [0.05, 0.1) is 0 Å². The van der Waals surface area contributed by atoms with Gasteiger partial charge < -0.3 is 4.98 Å². The summed E-state index contributed by atoms with van der Waals surface area (Å²) in [5.74, 6) is 7.81. The van der Waals surface area contributed by atoms with Crippen LogP contribution in [-0.4, -0.2) is 23.2 Å². The van der Waals surface area contributed by atoms with Gasteiger partial charge in [-0.2, -0.15) is 11.3 Å². The standard InChI is InChI=1S/C37H40NS.C14H16GeN.Ir/c1-36(2,3)28-19-27(20-29(23-28)37(4,5)6)25-15-16-30-31-13-10-14-32(35(31)39-34(30)22-25)33-21-26(17-18-38-33)24-11-8-7-9-12-24;1-15(2,3)13-9-10-14(16-11-13)12-7-5-4-6-8-12;/h10,13,15-24H,7-9,11-12H2,1-6H3;4-7,9-11H,1-3H3;/q2*-1;. The molecule has 1 fully saturated rings. The molecular formula is C51H56GeIrN2S-2. The van der Waals surface area contributed by atoms with E-state index in [4.69, 9.17) is 4.98 Å². The van der Waals surface area contributed by atoms with E-state index in [1.54, 1.807) is 0 Å². The third kappa shape index (κ3) is 9.64. The molecule has 1 radical (unpaired) electrons. The van der Waals surface area contributed by atoms with Crippen LogP contribution in [-0.2, 0) is 30.9 Å². The van der Waals surface area contributed by atoms with Crippen LogP contribution in [0.3, 0.4) is 0 Å². The number of benzene rings is 4. The summed E-state index contributed by atoms with van der Waals surface area (Å²) in [6, 6.07) is 42.1. The Kier molecular flexibility index (Phi) is 13.0. The Morgan fingerprint density at radius 2 is 1.39 bits per heavy atom. The second-order valence-electron chi connectivity index (χ2n) is 18.5. The van der Waals surface area contributed by atoms with Gasteiger partial charge in [-0.3, -0.25) is 0 Å². The van der Waals surface area contributed by atoms with Gasteiger partial charge in [0.15, 0.2) is 0 Å². The van der Waals surface area contributed by atoms with Crippen molar-refractivity contribution in [3.63, 3.8) is 0 Å². The number of rotatable bonds is 5. The first kappa shape index (κ1) is 42.2. The molecule has 1 saturated carbocycles. The first-order chi connectivity index (χ1) is 26.1. The quantitative estimate of drug-likeness (QED) is 0.127. The van der Waals surface area contributed by atoms with Crippen molar-refractivity contribution in [3.8, 4) is 33.6 Å². The maximum Gasteiger partial charge on any atom is 0 e. The van der Waals surface area contributed by atoms with Gasteiger partial charge in [0.1, 0.15) is 0 Å². The van der Waals surface area contributed by atoms with Crippen molar-refractivity contribution >= 4 is 49.2 Å². The summed E-state index contributed by atoms with van der Waals surface area (Å²) in [6.07, 6.45) is 10.7. The summed E-state index contributed by atoms with van der Waals surface area (Å²) in [4.78, 5) is 9.36. The molecule has 0 aliphatic heterocycles. The van der Waals surface area contributed by atoms with Crippen molar-refractivity contribution in [2.45, 2.75) is 108 Å². The predicted molar refractivity (Wildman–Crippen MR) is 242 cm³/mol. The fraction of sp³-hybridized carbons (Fsp3) is 0.333. The van der Waals surface area contributed by atoms with Gasteiger partial charge in [-0.15, -0.1) is 23.8 Å². The molecule has 291 valence electrons. The molecule has 0 N–H and O–H groups in total. The fourth-order valence-corrected chi connectivity index (χ4v) is 11.0. The van der Waals surface area contributed by atoms with E-state index in [1.807, 2.05) is 48.0 Å². The second-order valence-corrected chi connectivity index (χ2v) is 30.2. The van der Waals surface area contributed by atoms with Gasteiger partial charge in [-0.25, -0.2) is 0 Å². The van der Waals surface area contributed by atoms with Crippen molar-refractivity contribution in [1.82, 2.24) is 9.97 Å². The Balaban J connectivity index is 0.000000263. The molecule has 0 amide bonds. The number of aromatic nitrogens is 2. The monoisotopic (exact) mass is 995 g/mol. The number of hydrogen-bond acceptors (Lipinski definition) is 3. The van der Waals surface area contributed by atoms with Crippen LogP contribution < -0.4 is 4.40 Å². The molecule has 0 spiro atoms. The van der Waals surface area contributed by atoms with Gasteiger partial charge in [0, 0.05) is 31.0 Å². The Morgan fingerprint density at radius 3 is 2.02 bits per heavy atom. The molecule has 5 heteroatoms. The van der Waals surface area contributed by atoms with Crippen LogP contribution in [0.1, 0.15) is 96.3 Å². The minimum absolute atomic E-state index is 0. The van der Waals surface area contributed by atoms with E-state index in [2.05, 4.69) is 149 Å². The molecule has 56 heavy (non-hydrogen) atoms. The molecule has 8 rings (SSSR count). The fourth-order valence-electron chi connectivity index (χ4n) is 7.59. The smallest absolute Gasteiger partial charge is 0 e. The molecule has 0 saturated heterocycles. The van der Waals surface area contributed by atoms with Gasteiger partial charge in [-0.1, -0.05) is 108 Å². The van der Waals surface area contributed by atoms with Crippen LogP contribution in [0.5, 0.6) is 0 Å². The number of nitrogens with zero attached hydrogens (tertiary/aromatic N) is 2. The van der Waals surface area contributed by atoms with Crippen molar-refractivity contribution in [2.75, 3.05) is 0 Å². The zero-order valence-electron chi connectivity index (χ0n) is 34.6.